The fourth-order valence-corrected chi connectivity index (χ4v) is 3.36. The van der Waals surface area contributed by atoms with E-state index < -0.39 is 11.4 Å². The van der Waals surface area contributed by atoms with Gasteiger partial charge in [0.15, 0.2) is 0 Å². The SMILES string of the molecule is C=CC12C(=O)OC(=O)[C@H]1C1C=CC2CC1. The van der Waals surface area contributed by atoms with Crippen LogP contribution in [0.5, 0.6) is 0 Å². The zero-order valence-corrected chi connectivity index (χ0v) is 8.31. The van der Waals surface area contributed by atoms with Crippen LogP contribution in [0.4, 0.5) is 0 Å². The number of allylic oxidation sites excluding steroid dienone is 2. The van der Waals surface area contributed by atoms with Crippen molar-refractivity contribution in [1.82, 2.24) is 0 Å². The number of ether oxygens (including phenoxy) is 1. The average molecular weight is 204 g/mol. The Kier molecular flexibility index (Phi) is 1.54. The smallest absolute Gasteiger partial charge is 0.325 e. The molecule has 0 amide bonds. The summed E-state index contributed by atoms with van der Waals surface area (Å²) >= 11 is 0. The second-order valence-corrected chi connectivity index (χ2v) is 4.56. The molecule has 1 saturated carbocycles. The number of cyclic esters (lactones) is 2. The summed E-state index contributed by atoms with van der Waals surface area (Å²) in [6.45, 7) is 3.73. The molecular weight excluding hydrogens is 192 g/mol. The van der Waals surface area contributed by atoms with E-state index in [0.29, 0.717) is 0 Å². The van der Waals surface area contributed by atoms with E-state index >= 15 is 0 Å². The predicted octanol–water partition coefficient (Wildman–Crippen LogP) is 1.45. The predicted molar refractivity (Wildman–Crippen MR) is 52.6 cm³/mol. The van der Waals surface area contributed by atoms with Gasteiger partial charge in [0.25, 0.3) is 0 Å². The van der Waals surface area contributed by atoms with Crippen LogP contribution in [0.3, 0.4) is 0 Å². The minimum Gasteiger partial charge on any atom is -0.392 e. The van der Waals surface area contributed by atoms with E-state index in [1.54, 1.807) is 6.08 Å². The molecule has 15 heavy (non-hydrogen) atoms. The molecule has 4 atom stereocenters. The van der Waals surface area contributed by atoms with E-state index in [0.717, 1.165) is 12.8 Å². The molecule has 0 spiro atoms. The lowest BCUT2D eigenvalue weighted by atomic mass is 9.54. The minimum atomic E-state index is -0.755. The van der Waals surface area contributed by atoms with Gasteiger partial charge in [-0.05, 0) is 24.7 Å². The van der Waals surface area contributed by atoms with Gasteiger partial charge in [-0.3, -0.25) is 9.59 Å². The Balaban J connectivity index is 2.20. The Hall–Kier alpha value is -1.38. The molecule has 1 aliphatic heterocycles. The molecule has 3 heteroatoms. The van der Waals surface area contributed by atoms with Crippen molar-refractivity contribution < 1.29 is 14.3 Å². The number of hydrogen-bond acceptors (Lipinski definition) is 3. The molecule has 1 heterocycles. The van der Waals surface area contributed by atoms with E-state index in [2.05, 4.69) is 12.7 Å². The van der Waals surface area contributed by atoms with Crippen LogP contribution in [0, 0.1) is 23.2 Å². The second-order valence-electron chi connectivity index (χ2n) is 4.56. The Bertz CT molecular complexity index is 396. The van der Waals surface area contributed by atoms with Crippen molar-refractivity contribution in [2.75, 3.05) is 0 Å². The number of carbonyl (C=O) groups excluding carboxylic acids is 2. The standard InChI is InChI=1S/C12H12O3/c1-2-12-8-5-3-7(4-6-8)9(12)10(13)15-11(12)14/h2-3,5,7-9H,1,4,6H2/t7?,8?,9-,12?/m1/s1. The van der Waals surface area contributed by atoms with Gasteiger partial charge in [0.2, 0.25) is 0 Å². The van der Waals surface area contributed by atoms with E-state index in [9.17, 15) is 9.59 Å². The van der Waals surface area contributed by atoms with Crippen molar-refractivity contribution in [3.05, 3.63) is 24.8 Å². The van der Waals surface area contributed by atoms with Crippen molar-refractivity contribution in [3.8, 4) is 0 Å². The molecule has 0 radical (unpaired) electrons. The van der Waals surface area contributed by atoms with Gasteiger partial charge in [-0.1, -0.05) is 18.2 Å². The van der Waals surface area contributed by atoms with Crippen molar-refractivity contribution in [1.29, 1.82) is 0 Å². The molecule has 1 saturated heterocycles. The normalized spacial score (nSPS) is 46.5. The monoisotopic (exact) mass is 204 g/mol. The zero-order chi connectivity index (χ0) is 10.6. The average Bonchev–Trinajstić information content (AvgIpc) is 2.55. The number of rotatable bonds is 1. The summed E-state index contributed by atoms with van der Waals surface area (Å²) in [6.07, 6.45) is 7.66. The third kappa shape index (κ3) is 0.822. The third-order valence-electron chi connectivity index (χ3n) is 4.10. The summed E-state index contributed by atoms with van der Waals surface area (Å²) < 4.78 is 4.79. The molecule has 78 valence electrons. The Morgan fingerprint density at radius 3 is 2.73 bits per heavy atom. The first kappa shape index (κ1) is 8.89. The van der Waals surface area contributed by atoms with Crippen molar-refractivity contribution >= 4 is 11.9 Å². The first-order valence-electron chi connectivity index (χ1n) is 5.28. The van der Waals surface area contributed by atoms with E-state index in [1.165, 1.54) is 0 Å². The number of fused-ring (bicyclic) bond motifs is 1. The van der Waals surface area contributed by atoms with Crippen molar-refractivity contribution in [2.24, 2.45) is 23.2 Å². The van der Waals surface area contributed by atoms with Gasteiger partial charge in [0.1, 0.15) is 5.41 Å². The molecule has 3 nitrogen and oxygen atoms in total. The summed E-state index contributed by atoms with van der Waals surface area (Å²) in [7, 11) is 0. The first-order chi connectivity index (χ1) is 7.20. The van der Waals surface area contributed by atoms with Gasteiger partial charge in [-0.25, -0.2) is 0 Å². The zero-order valence-electron chi connectivity index (χ0n) is 8.31. The molecule has 4 rings (SSSR count). The molecule has 3 aliphatic carbocycles. The van der Waals surface area contributed by atoms with Gasteiger partial charge in [0.05, 0.1) is 5.92 Å². The summed E-state index contributed by atoms with van der Waals surface area (Å²) in [4.78, 5) is 23.5. The Morgan fingerprint density at radius 2 is 2.20 bits per heavy atom. The van der Waals surface area contributed by atoms with Gasteiger partial charge in [-0.2, -0.15) is 0 Å². The Labute approximate surface area is 87.8 Å². The van der Waals surface area contributed by atoms with Gasteiger partial charge in [-0.15, -0.1) is 6.58 Å². The molecule has 0 aromatic heterocycles. The summed E-state index contributed by atoms with van der Waals surface area (Å²) in [6, 6.07) is 0. The van der Waals surface area contributed by atoms with Crippen LogP contribution in [0.25, 0.3) is 0 Å². The van der Waals surface area contributed by atoms with E-state index in [-0.39, 0.29) is 23.7 Å². The molecule has 2 bridgehead atoms. The third-order valence-corrected chi connectivity index (χ3v) is 4.10. The summed E-state index contributed by atoms with van der Waals surface area (Å²) in [5.74, 6) is -0.812. The summed E-state index contributed by atoms with van der Waals surface area (Å²) in [5.41, 5.74) is -0.755. The molecule has 2 fully saturated rings. The molecule has 3 unspecified atom stereocenters. The minimum absolute atomic E-state index is 0.101. The first-order valence-corrected chi connectivity index (χ1v) is 5.28. The number of hydrogen-bond donors (Lipinski definition) is 0. The highest BCUT2D eigenvalue weighted by atomic mass is 16.6. The topological polar surface area (TPSA) is 43.4 Å². The van der Waals surface area contributed by atoms with Crippen LogP contribution in [-0.2, 0) is 14.3 Å². The van der Waals surface area contributed by atoms with Crippen LogP contribution in [0.2, 0.25) is 0 Å². The van der Waals surface area contributed by atoms with E-state index in [4.69, 9.17) is 4.74 Å². The molecule has 0 N–H and O–H groups in total. The van der Waals surface area contributed by atoms with Gasteiger partial charge < -0.3 is 4.74 Å². The van der Waals surface area contributed by atoms with Gasteiger partial charge >= 0.3 is 11.9 Å². The molecular formula is C12H12O3. The summed E-state index contributed by atoms with van der Waals surface area (Å²) in [5, 5.41) is 0. The lowest BCUT2D eigenvalue weighted by Gasteiger charge is -2.44. The van der Waals surface area contributed by atoms with Crippen LogP contribution in [0.15, 0.2) is 24.8 Å². The molecule has 0 aromatic carbocycles. The van der Waals surface area contributed by atoms with Crippen LogP contribution in [-0.4, -0.2) is 11.9 Å². The van der Waals surface area contributed by atoms with Crippen molar-refractivity contribution in [3.63, 3.8) is 0 Å². The highest BCUT2D eigenvalue weighted by Gasteiger charge is 2.64. The lowest BCUT2D eigenvalue weighted by Crippen LogP contribution is -2.48. The van der Waals surface area contributed by atoms with Crippen LogP contribution in [0.1, 0.15) is 12.8 Å². The van der Waals surface area contributed by atoms with Crippen molar-refractivity contribution in [2.45, 2.75) is 12.8 Å². The maximum Gasteiger partial charge on any atom is 0.325 e. The fourth-order valence-electron chi connectivity index (χ4n) is 3.36. The van der Waals surface area contributed by atoms with Gasteiger partial charge in [0, 0.05) is 0 Å². The largest absolute Gasteiger partial charge is 0.392 e. The second kappa shape index (κ2) is 2.60. The number of carbonyl (C=O) groups is 2. The molecule has 0 aromatic rings. The molecule has 4 aliphatic rings. The quantitative estimate of drug-likeness (QED) is 0.369. The Morgan fingerprint density at radius 1 is 1.40 bits per heavy atom. The maximum atomic E-state index is 11.8. The highest BCUT2D eigenvalue weighted by Crippen LogP contribution is 2.57. The van der Waals surface area contributed by atoms with Crippen LogP contribution < -0.4 is 0 Å². The fraction of sp³-hybridized carbons (Fsp3) is 0.500. The van der Waals surface area contributed by atoms with E-state index in [1.807, 2.05) is 6.08 Å². The lowest BCUT2D eigenvalue weighted by molar-refractivity contribution is -0.155. The highest BCUT2D eigenvalue weighted by molar-refractivity contribution is 6.01. The van der Waals surface area contributed by atoms with Crippen LogP contribution >= 0.6 is 0 Å². The maximum absolute atomic E-state index is 11.8. The number of esters is 2.